The Bertz CT molecular complexity index is 422. The molecule has 0 unspecified atom stereocenters. The number of rotatable bonds is 2. The third-order valence-corrected chi connectivity index (χ3v) is 2.73. The average Bonchev–Trinajstić information content (AvgIpc) is 2.29. The molecule has 1 aromatic rings. The minimum atomic E-state index is -0.876. The van der Waals surface area contributed by atoms with Gasteiger partial charge in [0.15, 0.2) is 11.6 Å². The maximum absolute atomic E-state index is 13.7. The van der Waals surface area contributed by atoms with Gasteiger partial charge in [0, 0.05) is 13.1 Å². The van der Waals surface area contributed by atoms with Crippen LogP contribution in [0.15, 0.2) is 12.1 Å². The molecule has 0 N–H and O–H groups in total. The Labute approximate surface area is 97.0 Å². The van der Waals surface area contributed by atoms with E-state index in [9.17, 15) is 18.9 Å². The fourth-order valence-corrected chi connectivity index (χ4v) is 1.93. The first kappa shape index (κ1) is 11.8. The van der Waals surface area contributed by atoms with Crippen LogP contribution in [0.25, 0.3) is 0 Å². The van der Waals surface area contributed by atoms with Gasteiger partial charge in [-0.3, -0.25) is 10.1 Å². The molecular formula is C11H11F2N2O2. The number of non-ortho nitro benzene ring substituents is 1. The van der Waals surface area contributed by atoms with Crippen LogP contribution in [0.5, 0.6) is 0 Å². The molecule has 0 bridgehead atoms. The first-order valence-electron chi connectivity index (χ1n) is 5.29. The number of hydrogen-bond acceptors (Lipinski definition) is 3. The van der Waals surface area contributed by atoms with E-state index in [1.165, 1.54) is 0 Å². The second kappa shape index (κ2) is 4.65. The van der Waals surface area contributed by atoms with Gasteiger partial charge in [0.05, 0.1) is 17.1 Å². The van der Waals surface area contributed by atoms with Crippen LogP contribution in [-0.4, -0.2) is 18.0 Å². The highest BCUT2D eigenvalue weighted by Crippen LogP contribution is 2.29. The van der Waals surface area contributed by atoms with Crippen molar-refractivity contribution in [2.24, 2.45) is 0 Å². The van der Waals surface area contributed by atoms with E-state index < -0.39 is 22.2 Å². The van der Waals surface area contributed by atoms with E-state index in [0.29, 0.717) is 13.1 Å². The summed E-state index contributed by atoms with van der Waals surface area (Å²) in [5.41, 5.74) is -0.726. The lowest BCUT2D eigenvalue weighted by Crippen LogP contribution is -2.31. The number of nitro benzene ring substituents is 1. The SMILES string of the molecule is O=[N+]([O-])c1cc(F)c(N2CC[CH]CC2)c(F)c1. The molecule has 0 atom stereocenters. The highest BCUT2D eigenvalue weighted by atomic mass is 19.1. The smallest absolute Gasteiger partial charge is 0.275 e. The van der Waals surface area contributed by atoms with Gasteiger partial charge in [0.25, 0.3) is 5.69 Å². The third kappa shape index (κ3) is 2.35. The minimum Gasteiger partial charge on any atom is -0.367 e. The summed E-state index contributed by atoms with van der Waals surface area (Å²) in [5, 5.41) is 10.4. The van der Waals surface area contributed by atoms with Crippen LogP contribution in [0.3, 0.4) is 0 Å². The molecule has 6 heteroatoms. The molecule has 0 aromatic heterocycles. The monoisotopic (exact) mass is 241 g/mol. The molecule has 2 rings (SSSR count). The predicted octanol–water partition coefficient (Wildman–Crippen LogP) is 2.68. The summed E-state index contributed by atoms with van der Waals surface area (Å²) in [6.45, 7) is 1.07. The lowest BCUT2D eigenvalue weighted by atomic mass is 10.1. The molecule has 1 aliphatic rings. The second-order valence-corrected chi connectivity index (χ2v) is 3.87. The molecule has 17 heavy (non-hydrogen) atoms. The van der Waals surface area contributed by atoms with Gasteiger partial charge in [0.2, 0.25) is 0 Å². The van der Waals surface area contributed by atoms with Crippen LogP contribution < -0.4 is 4.90 Å². The van der Waals surface area contributed by atoms with Crippen LogP contribution in [-0.2, 0) is 0 Å². The van der Waals surface area contributed by atoms with Gasteiger partial charge in [-0.2, -0.15) is 0 Å². The summed E-state index contributed by atoms with van der Waals surface area (Å²) in [4.78, 5) is 11.2. The summed E-state index contributed by atoms with van der Waals surface area (Å²) < 4.78 is 27.3. The standard InChI is InChI=1S/C11H11F2N2O2/c12-9-6-8(15(16)17)7-10(13)11(9)14-4-2-1-3-5-14/h1,6-7H,2-5H2. The zero-order valence-electron chi connectivity index (χ0n) is 9.03. The van der Waals surface area contributed by atoms with E-state index >= 15 is 0 Å². The zero-order chi connectivity index (χ0) is 12.4. The zero-order valence-corrected chi connectivity index (χ0v) is 9.03. The number of anilines is 1. The van der Waals surface area contributed by atoms with Crippen molar-refractivity contribution in [3.05, 3.63) is 40.3 Å². The lowest BCUT2D eigenvalue weighted by molar-refractivity contribution is -0.385. The summed E-state index contributed by atoms with van der Waals surface area (Å²) in [6, 6.07) is 1.52. The molecule has 91 valence electrons. The van der Waals surface area contributed by atoms with Crippen molar-refractivity contribution in [3.63, 3.8) is 0 Å². The first-order chi connectivity index (χ1) is 8.09. The van der Waals surface area contributed by atoms with Gasteiger partial charge >= 0.3 is 0 Å². The minimum absolute atomic E-state index is 0.163. The molecule has 0 spiro atoms. The van der Waals surface area contributed by atoms with Crippen molar-refractivity contribution in [1.82, 2.24) is 0 Å². The highest BCUT2D eigenvalue weighted by molar-refractivity contribution is 5.54. The summed E-state index contributed by atoms with van der Waals surface area (Å²) in [6.07, 6.45) is 3.57. The van der Waals surface area contributed by atoms with Gasteiger partial charge in [0.1, 0.15) is 5.69 Å². The molecule has 4 nitrogen and oxygen atoms in total. The van der Waals surface area contributed by atoms with Crippen LogP contribution in [0.1, 0.15) is 12.8 Å². The lowest BCUT2D eigenvalue weighted by Gasteiger charge is -2.29. The van der Waals surface area contributed by atoms with Crippen molar-refractivity contribution >= 4 is 11.4 Å². The molecule has 0 aliphatic carbocycles. The quantitative estimate of drug-likeness (QED) is 0.590. The van der Waals surface area contributed by atoms with Crippen molar-refractivity contribution in [2.45, 2.75) is 12.8 Å². The normalized spacial score (nSPS) is 16.0. The third-order valence-electron chi connectivity index (χ3n) is 2.73. The molecule has 0 saturated carbocycles. The molecule has 1 radical (unpaired) electrons. The maximum Gasteiger partial charge on any atom is 0.275 e. The topological polar surface area (TPSA) is 46.4 Å². The van der Waals surface area contributed by atoms with Gasteiger partial charge < -0.3 is 4.90 Å². The van der Waals surface area contributed by atoms with Crippen LogP contribution in [0, 0.1) is 28.2 Å². The van der Waals surface area contributed by atoms with Gasteiger partial charge in [-0.25, -0.2) is 8.78 Å². The highest BCUT2D eigenvalue weighted by Gasteiger charge is 2.22. The second-order valence-electron chi connectivity index (χ2n) is 3.87. The molecule has 1 aliphatic heterocycles. The Morgan fingerprint density at radius 3 is 2.18 bits per heavy atom. The van der Waals surface area contributed by atoms with Crippen molar-refractivity contribution < 1.29 is 13.7 Å². The van der Waals surface area contributed by atoms with E-state index in [4.69, 9.17) is 0 Å². The Kier molecular flexibility index (Phi) is 3.21. The number of benzene rings is 1. The van der Waals surface area contributed by atoms with Crippen LogP contribution in [0.2, 0.25) is 0 Å². The Morgan fingerprint density at radius 2 is 1.71 bits per heavy atom. The summed E-state index contributed by atoms with van der Waals surface area (Å²) in [5.74, 6) is -1.75. The molecule has 1 aromatic carbocycles. The van der Waals surface area contributed by atoms with E-state index in [1.54, 1.807) is 4.90 Å². The fraction of sp³-hybridized carbons (Fsp3) is 0.364. The number of piperidine rings is 1. The van der Waals surface area contributed by atoms with E-state index in [-0.39, 0.29) is 5.69 Å². The molecule has 1 heterocycles. The fourth-order valence-electron chi connectivity index (χ4n) is 1.93. The molecule has 0 amide bonds. The predicted molar refractivity (Wildman–Crippen MR) is 58.8 cm³/mol. The molecule has 1 saturated heterocycles. The number of hydrogen-bond donors (Lipinski definition) is 0. The summed E-state index contributed by atoms with van der Waals surface area (Å²) in [7, 11) is 0. The van der Waals surface area contributed by atoms with Gasteiger partial charge in [-0.15, -0.1) is 0 Å². The molecular weight excluding hydrogens is 230 g/mol. The van der Waals surface area contributed by atoms with E-state index in [2.05, 4.69) is 6.42 Å². The Balaban J connectivity index is 2.37. The van der Waals surface area contributed by atoms with E-state index in [0.717, 1.165) is 25.0 Å². The Morgan fingerprint density at radius 1 is 1.18 bits per heavy atom. The van der Waals surface area contributed by atoms with Crippen molar-refractivity contribution in [2.75, 3.05) is 18.0 Å². The number of nitro groups is 1. The van der Waals surface area contributed by atoms with Crippen molar-refractivity contribution in [3.8, 4) is 0 Å². The van der Waals surface area contributed by atoms with Gasteiger partial charge in [-0.05, 0) is 19.3 Å². The largest absolute Gasteiger partial charge is 0.367 e. The Hall–Kier alpha value is -1.72. The first-order valence-corrected chi connectivity index (χ1v) is 5.29. The number of nitrogens with zero attached hydrogens (tertiary/aromatic N) is 2. The number of halogens is 2. The average molecular weight is 241 g/mol. The summed E-state index contributed by atoms with van der Waals surface area (Å²) >= 11 is 0. The van der Waals surface area contributed by atoms with Gasteiger partial charge in [-0.1, -0.05) is 0 Å². The van der Waals surface area contributed by atoms with Crippen LogP contribution in [0.4, 0.5) is 20.2 Å². The van der Waals surface area contributed by atoms with Crippen molar-refractivity contribution in [1.29, 1.82) is 0 Å². The molecule has 1 fully saturated rings. The van der Waals surface area contributed by atoms with Crippen LogP contribution >= 0.6 is 0 Å². The van der Waals surface area contributed by atoms with E-state index in [1.807, 2.05) is 0 Å². The maximum atomic E-state index is 13.7.